The first-order valence-electron chi connectivity index (χ1n) is 6.90. The lowest BCUT2D eigenvalue weighted by Crippen LogP contribution is -2.38. The van der Waals surface area contributed by atoms with Crippen molar-refractivity contribution >= 4 is 34.1 Å². The number of thiazole rings is 1. The summed E-state index contributed by atoms with van der Waals surface area (Å²) < 4.78 is 0. The molecule has 1 rings (SSSR count). The Hall–Kier alpha value is -1.83. The fourth-order valence-corrected chi connectivity index (χ4v) is 2.56. The molecule has 0 aliphatic rings. The van der Waals surface area contributed by atoms with E-state index in [1.165, 1.54) is 16.2 Å². The fourth-order valence-electron chi connectivity index (χ4n) is 1.55. The molecule has 0 bridgehead atoms. The molecule has 0 unspecified atom stereocenters. The third-order valence-corrected chi connectivity index (χ3v) is 4.11. The molecule has 0 aliphatic carbocycles. The summed E-state index contributed by atoms with van der Waals surface area (Å²) >= 11 is 1.24. The molecule has 2 amide bonds. The molecule has 0 aliphatic heterocycles. The van der Waals surface area contributed by atoms with Crippen molar-refractivity contribution in [3.8, 4) is 0 Å². The van der Waals surface area contributed by atoms with Crippen LogP contribution in [0.2, 0.25) is 0 Å². The third-order valence-electron chi connectivity index (χ3n) is 2.94. The fraction of sp³-hybridized carbons (Fsp3) is 0.615. The van der Waals surface area contributed by atoms with Crippen LogP contribution in [0, 0.1) is 0 Å². The Labute approximate surface area is 129 Å². The predicted molar refractivity (Wildman–Crippen MR) is 85.7 cm³/mol. The molecule has 0 atom stereocenters. The second kappa shape index (κ2) is 7.82. The number of anilines is 2. The van der Waals surface area contributed by atoms with Gasteiger partial charge >= 0.3 is 0 Å². The molecule has 118 valence electrons. The minimum absolute atomic E-state index is 0.00905. The van der Waals surface area contributed by atoms with Gasteiger partial charge in [-0.2, -0.15) is 0 Å². The number of nitrogens with one attached hydrogen (secondary N) is 1. The van der Waals surface area contributed by atoms with Crippen LogP contribution < -0.4 is 16.0 Å². The van der Waals surface area contributed by atoms with Crippen LogP contribution in [0.25, 0.3) is 0 Å². The normalized spacial score (nSPS) is 10.3. The lowest BCUT2D eigenvalue weighted by atomic mass is 10.4. The lowest BCUT2D eigenvalue weighted by Gasteiger charge is -2.16. The molecule has 1 heterocycles. The van der Waals surface area contributed by atoms with Crippen molar-refractivity contribution in [3.63, 3.8) is 0 Å². The number of nitrogens with zero attached hydrogens (tertiary/aromatic N) is 3. The van der Waals surface area contributed by atoms with Crippen LogP contribution in [-0.4, -0.2) is 55.4 Å². The van der Waals surface area contributed by atoms with E-state index in [1.54, 1.807) is 7.05 Å². The average Bonchev–Trinajstić information content (AvgIpc) is 2.85. The van der Waals surface area contributed by atoms with Gasteiger partial charge in [0.2, 0.25) is 5.91 Å². The second-order valence-electron chi connectivity index (χ2n) is 4.74. The number of nitrogen functional groups attached to an aromatic ring is 1. The van der Waals surface area contributed by atoms with Crippen molar-refractivity contribution < 1.29 is 9.59 Å². The zero-order chi connectivity index (χ0) is 16.0. The molecule has 1 aromatic heterocycles. The van der Waals surface area contributed by atoms with E-state index in [9.17, 15) is 9.59 Å². The van der Waals surface area contributed by atoms with E-state index < -0.39 is 0 Å². The highest BCUT2D eigenvalue weighted by Gasteiger charge is 2.22. The summed E-state index contributed by atoms with van der Waals surface area (Å²) in [7, 11) is 3.46. The lowest BCUT2D eigenvalue weighted by molar-refractivity contribution is -0.121. The topological polar surface area (TPSA) is 91.6 Å². The molecule has 7 nitrogen and oxygen atoms in total. The summed E-state index contributed by atoms with van der Waals surface area (Å²) in [4.78, 5) is 31.8. The number of nitrogens with two attached hydrogens (primary N) is 1. The van der Waals surface area contributed by atoms with E-state index in [-0.39, 0.29) is 24.2 Å². The first-order valence-corrected chi connectivity index (χ1v) is 7.71. The van der Waals surface area contributed by atoms with Crippen LogP contribution in [0.4, 0.5) is 10.9 Å². The van der Waals surface area contributed by atoms with Crippen LogP contribution in [0.15, 0.2) is 0 Å². The summed E-state index contributed by atoms with van der Waals surface area (Å²) in [5, 5.41) is 3.43. The molecular weight excluding hydrogens is 290 g/mol. The second-order valence-corrected chi connectivity index (χ2v) is 5.71. The molecule has 0 aromatic carbocycles. The van der Waals surface area contributed by atoms with Gasteiger partial charge in [-0.05, 0) is 13.3 Å². The summed E-state index contributed by atoms with van der Waals surface area (Å²) in [6.45, 7) is 5.35. The first kappa shape index (κ1) is 17.2. The summed E-state index contributed by atoms with van der Waals surface area (Å²) in [5.41, 5.74) is 5.81. The maximum Gasteiger partial charge on any atom is 0.268 e. The summed E-state index contributed by atoms with van der Waals surface area (Å²) in [6.07, 6.45) is 0.859. The molecule has 8 heteroatoms. The van der Waals surface area contributed by atoms with Gasteiger partial charge in [0.1, 0.15) is 10.7 Å². The van der Waals surface area contributed by atoms with Crippen LogP contribution in [0.1, 0.15) is 29.9 Å². The van der Waals surface area contributed by atoms with Gasteiger partial charge in [-0.1, -0.05) is 18.3 Å². The number of amides is 2. The first-order chi connectivity index (χ1) is 9.90. The van der Waals surface area contributed by atoms with Crippen molar-refractivity contribution in [2.75, 3.05) is 44.4 Å². The highest BCUT2D eigenvalue weighted by atomic mass is 32.1. The Morgan fingerprint density at radius 1 is 1.33 bits per heavy atom. The number of hydrogen-bond acceptors (Lipinski definition) is 6. The number of aromatic nitrogens is 1. The Balaban J connectivity index is 2.74. The molecule has 0 saturated carbocycles. The third kappa shape index (κ3) is 4.59. The molecule has 0 radical (unpaired) electrons. The maximum atomic E-state index is 12.3. The van der Waals surface area contributed by atoms with Crippen LogP contribution in [-0.2, 0) is 4.79 Å². The van der Waals surface area contributed by atoms with E-state index in [2.05, 4.69) is 10.3 Å². The van der Waals surface area contributed by atoms with Crippen molar-refractivity contribution in [1.29, 1.82) is 0 Å². The quantitative estimate of drug-likeness (QED) is 0.776. The van der Waals surface area contributed by atoms with Crippen LogP contribution >= 0.6 is 11.3 Å². The number of carbonyl (C=O) groups excluding carboxylic acids is 2. The smallest absolute Gasteiger partial charge is 0.268 e. The maximum absolute atomic E-state index is 12.3. The van der Waals surface area contributed by atoms with Gasteiger partial charge in [-0.3, -0.25) is 9.59 Å². The highest BCUT2D eigenvalue weighted by molar-refractivity contribution is 7.18. The molecule has 21 heavy (non-hydrogen) atoms. The van der Waals surface area contributed by atoms with E-state index in [4.69, 9.17) is 5.73 Å². The predicted octanol–water partition coefficient (Wildman–Crippen LogP) is 0.780. The number of likely N-dealkylation sites (N-methyl/N-ethyl adjacent to an activating group) is 1. The van der Waals surface area contributed by atoms with Gasteiger partial charge in [-0.15, -0.1) is 0 Å². The van der Waals surface area contributed by atoms with Crippen molar-refractivity contribution in [2.45, 2.75) is 20.3 Å². The summed E-state index contributed by atoms with van der Waals surface area (Å²) in [6, 6.07) is 0. The zero-order valence-electron chi connectivity index (χ0n) is 13.0. The van der Waals surface area contributed by atoms with Gasteiger partial charge in [0.15, 0.2) is 5.13 Å². The monoisotopic (exact) mass is 313 g/mol. The van der Waals surface area contributed by atoms with Crippen LogP contribution in [0.3, 0.4) is 0 Å². The standard InChI is InChI=1S/C13H23N5O2S/c1-5-7-15-9(19)8-18(4)12(20)10-11(14)16-13(21-10)17(3)6-2/h5-8,14H2,1-4H3,(H,15,19). The highest BCUT2D eigenvalue weighted by Crippen LogP contribution is 2.28. The largest absolute Gasteiger partial charge is 0.382 e. The minimum Gasteiger partial charge on any atom is -0.382 e. The van der Waals surface area contributed by atoms with E-state index in [0.717, 1.165) is 13.0 Å². The van der Waals surface area contributed by atoms with Gasteiger partial charge in [0.25, 0.3) is 5.91 Å². The molecule has 0 fully saturated rings. The molecule has 0 saturated heterocycles. The van der Waals surface area contributed by atoms with Gasteiger partial charge < -0.3 is 20.9 Å². The van der Waals surface area contributed by atoms with Crippen LogP contribution in [0.5, 0.6) is 0 Å². The molecule has 3 N–H and O–H groups in total. The zero-order valence-corrected chi connectivity index (χ0v) is 13.8. The Morgan fingerprint density at radius 2 is 2.00 bits per heavy atom. The number of hydrogen-bond donors (Lipinski definition) is 2. The molecule has 0 spiro atoms. The minimum atomic E-state index is -0.285. The van der Waals surface area contributed by atoms with Gasteiger partial charge in [-0.25, -0.2) is 4.98 Å². The Bertz CT molecular complexity index is 503. The SMILES string of the molecule is CCCNC(=O)CN(C)C(=O)c1sc(N(C)CC)nc1N. The Morgan fingerprint density at radius 3 is 2.57 bits per heavy atom. The van der Waals surface area contributed by atoms with Crippen molar-refractivity contribution in [2.24, 2.45) is 0 Å². The number of rotatable bonds is 7. The van der Waals surface area contributed by atoms with Gasteiger partial charge in [0, 0.05) is 27.2 Å². The van der Waals surface area contributed by atoms with E-state index in [1.807, 2.05) is 25.8 Å². The number of carbonyl (C=O) groups is 2. The van der Waals surface area contributed by atoms with E-state index >= 15 is 0 Å². The molecular formula is C13H23N5O2S. The average molecular weight is 313 g/mol. The Kier molecular flexibility index (Phi) is 6.41. The van der Waals surface area contributed by atoms with Gasteiger partial charge in [0.05, 0.1) is 6.54 Å². The van der Waals surface area contributed by atoms with E-state index in [0.29, 0.717) is 16.6 Å². The van der Waals surface area contributed by atoms with Crippen molar-refractivity contribution in [1.82, 2.24) is 15.2 Å². The molecule has 1 aromatic rings. The summed E-state index contributed by atoms with van der Waals surface area (Å²) in [5.74, 6) is -0.254. The van der Waals surface area contributed by atoms with Crippen molar-refractivity contribution in [3.05, 3.63) is 4.88 Å².